The highest BCUT2D eigenvalue weighted by atomic mass is 14.8. The molecule has 74 valence electrons. The van der Waals surface area contributed by atoms with E-state index in [0.29, 0.717) is 11.5 Å². The third kappa shape index (κ3) is 0.962. The summed E-state index contributed by atoms with van der Waals surface area (Å²) in [5.41, 5.74) is 12.6. The molecular weight excluding hydrogens is 160 g/mol. The molecule has 3 atom stereocenters. The van der Waals surface area contributed by atoms with Crippen molar-refractivity contribution >= 4 is 0 Å². The lowest BCUT2D eigenvalue weighted by atomic mass is 9.47. The van der Waals surface area contributed by atoms with Gasteiger partial charge in [-0.2, -0.15) is 0 Å². The first kappa shape index (κ1) is 8.25. The van der Waals surface area contributed by atoms with Gasteiger partial charge >= 0.3 is 0 Å². The SMILES string of the molecule is NCC12CC3CC(CC(C3)C1N)C2. The van der Waals surface area contributed by atoms with Gasteiger partial charge in [-0.15, -0.1) is 0 Å². The van der Waals surface area contributed by atoms with Crippen LogP contribution >= 0.6 is 0 Å². The minimum atomic E-state index is 0.356. The van der Waals surface area contributed by atoms with E-state index in [-0.39, 0.29) is 0 Å². The summed E-state index contributed by atoms with van der Waals surface area (Å²) in [5, 5.41) is 0. The maximum Gasteiger partial charge on any atom is 0.0136 e. The van der Waals surface area contributed by atoms with Gasteiger partial charge in [-0.05, 0) is 61.8 Å². The van der Waals surface area contributed by atoms with Gasteiger partial charge in [0.05, 0.1) is 0 Å². The molecule has 4 N–H and O–H groups in total. The Morgan fingerprint density at radius 1 is 1.08 bits per heavy atom. The monoisotopic (exact) mass is 180 g/mol. The van der Waals surface area contributed by atoms with E-state index in [4.69, 9.17) is 11.5 Å². The first-order valence-corrected chi connectivity index (χ1v) is 5.69. The molecule has 4 aliphatic carbocycles. The zero-order chi connectivity index (χ0) is 9.05. The molecule has 4 aliphatic rings. The summed E-state index contributed by atoms with van der Waals surface area (Å²) >= 11 is 0. The minimum absolute atomic E-state index is 0.356. The molecule has 0 amide bonds. The van der Waals surface area contributed by atoms with Crippen LogP contribution in [0.25, 0.3) is 0 Å². The van der Waals surface area contributed by atoms with E-state index in [2.05, 4.69) is 0 Å². The highest BCUT2D eigenvalue weighted by molar-refractivity contribution is 5.08. The normalized spacial score (nSPS) is 58.6. The predicted molar refractivity (Wildman–Crippen MR) is 53.0 cm³/mol. The van der Waals surface area contributed by atoms with E-state index in [1.807, 2.05) is 0 Å². The van der Waals surface area contributed by atoms with E-state index in [1.165, 1.54) is 32.1 Å². The second-order valence-corrected chi connectivity index (χ2v) is 5.70. The molecule has 2 heteroatoms. The average Bonchev–Trinajstić information content (AvgIpc) is 2.12. The summed E-state index contributed by atoms with van der Waals surface area (Å²) in [6, 6.07) is 0.422. The molecule has 13 heavy (non-hydrogen) atoms. The molecule has 0 heterocycles. The highest BCUT2D eigenvalue weighted by Gasteiger charge is 2.54. The van der Waals surface area contributed by atoms with E-state index >= 15 is 0 Å². The lowest BCUT2D eigenvalue weighted by molar-refractivity contribution is -0.0661. The van der Waals surface area contributed by atoms with E-state index in [9.17, 15) is 0 Å². The zero-order valence-corrected chi connectivity index (χ0v) is 8.21. The van der Waals surface area contributed by atoms with Crippen LogP contribution in [0.15, 0.2) is 0 Å². The molecule has 0 saturated heterocycles. The van der Waals surface area contributed by atoms with Crippen molar-refractivity contribution in [1.29, 1.82) is 0 Å². The summed E-state index contributed by atoms with van der Waals surface area (Å²) in [6.07, 6.45) is 6.94. The molecule has 0 aromatic rings. The van der Waals surface area contributed by atoms with Crippen LogP contribution in [0.1, 0.15) is 32.1 Å². The molecule has 3 unspecified atom stereocenters. The number of nitrogens with two attached hydrogens (primary N) is 2. The Kier molecular flexibility index (Phi) is 1.58. The van der Waals surface area contributed by atoms with Crippen molar-refractivity contribution in [3.8, 4) is 0 Å². The number of hydrogen-bond donors (Lipinski definition) is 2. The summed E-state index contributed by atoms with van der Waals surface area (Å²) in [6.45, 7) is 0.831. The second-order valence-electron chi connectivity index (χ2n) is 5.70. The Labute approximate surface area is 80.1 Å². The predicted octanol–water partition coefficient (Wildman–Crippen LogP) is 1.10. The highest BCUT2D eigenvalue weighted by Crippen LogP contribution is 2.58. The number of rotatable bonds is 1. The van der Waals surface area contributed by atoms with Crippen molar-refractivity contribution in [2.45, 2.75) is 38.1 Å². The fourth-order valence-electron chi connectivity index (χ4n) is 4.55. The molecule has 2 nitrogen and oxygen atoms in total. The molecule has 4 bridgehead atoms. The van der Waals surface area contributed by atoms with Crippen LogP contribution in [-0.2, 0) is 0 Å². The Balaban J connectivity index is 1.95. The quantitative estimate of drug-likeness (QED) is 0.635. The van der Waals surface area contributed by atoms with Crippen molar-refractivity contribution in [2.24, 2.45) is 34.6 Å². The largest absolute Gasteiger partial charge is 0.330 e. The maximum atomic E-state index is 6.33. The Morgan fingerprint density at radius 2 is 1.69 bits per heavy atom. The minimum Gasteiger partial charge on any atom is -0.330 e. The van der Waals surface area contributed by atoms with E-state index in [1.54, 1.807) is 0 Å². The lowest BCUT2D eigenvalue weighted by Crippen LogP contribution is -2.62. The van der Waals surface area contributed by atoms with Gasteiger partial charge in [0.1, 0.15) is 0 Å². The molecule has 0 aromatic carbocycles. The van der Waals surface area contributed by atoms with Gasteiger partial charge in [-0.3, -0.25) is 0 Å². The second kappa shape index (κ2) is 2.48. The first-order valence-electron chi connectivity index (χ1n) is 5.69. The number of hydrogen-bond acceptors (Lipinski definition) is 2. The zero-order valence-electron chi connectivity index (χ0n) is 8.21. The van der Waals surface area contributed by atoms with Gasteiger partial charge in [-0.1, -0.05) is 0 Å². The summed E-state index contributed by atoms with van der Waals surface area (Å²) in [5.74, 6) is 2.76. The van der Waals surface area contributed by atoms with Crippen LogP contribution < -0.4 is 11.5 Å². The molecule has 0 radical (unpaired) electrons. The molecule has 0 spiro atoms. The maximum absolute atomic E-state index is 6.33. The lowest BCUT2D eigenvalue weighted by Gasteiger charge is -2.60. The Morgan fingerprint density at radius 3 is 2.23 bits per heavy atom. The molecule has 4 fully saturated rings. The molecule has 0 aliphatic heterocycles. The van der Waals surface area contributed by atoms with Crippen molar-refractivity contribution in [3.05, 3.63) is 0 Å². The summed E-state index contributed by atoms with van der Waals surface area (Å²) in [4.78, 5) is 0. The summed E-state index contributed by atoms with van der Waals surface area (Å²) < 4.78 is 0. The average molecular weight is 180 g/mol. The Bertz CT molecular complexity index is 212. The van der Waals surface area contributed by atoms with Crippen LogP contribution in [0.2, 0.25) is 0 Å². The first-order chi connectivity index (χ1) is 6.23. The van der Waals surface area contributed by atoms with Crippen LogP contribution in [0.3, 0.4) is 0 Å². The smallest absolute Gasteiger partial charge is 0.0136 e. The van der Waals surface area contributed by atoms with Crippen molar-refractivity contribution in [3.63, 3.8) is 0 Å². The third-order valence-corrected chi connectivity index (χ3v) is 4.95. The fraction of sp³-hybridized carbons (Fsp3) is 1.00. The van der Waals surface area contributed by atoms with Gasteiger partial charge in [0, 0.05) is 6.04 Å². The Hall–Kier alpha value is -0.0800. The van der Waals surface area contributed by atoms with E-state index in [0.717, 1.165) is 24.3 Å². The standard InChI is InChI=1S/C11H20N2/c12-6-11-4-7-1-8(5-11)3-9(2-7)10(11)13/h7-10H,1-6,12-13H2. The van der Waals surface area contributed by atoms with Gasteiger partial charge in [-0.25, -0.2) is 0 Å². The van der Waals surface area contributed by atoms with E-state index < -0.39 is 0 Å². The van der Waals surface area contributed by atoms with Crippen molar-refractivity contribution < 1.29 is 0 Å². The van der Waals surface area contributed by atoms with Crippen molar-refractivity contribution in [1.82, 2.24) is 0 Å². The van der Waals surface area contributed by atoms with Gasteiger partial charge < -0.3 is 11.5 Å². The van der Waals surface area contributed by atoms with Crippen molar-refractivity contribution in [2.75, 3.05) is 6.54 Å². The summed E-state index contributed by atoms with van der Waals surface area (Å²) in [7, 11) is 0. The molecule has 0 aromatic heterocycles. The van der Waals surface area contributed by atoms with Crippen LogP contribution in [0.4, 0.5) is 0 Å². The topological polar surface area (TPSA) is 52.0 Å². The van der Waals surface area contributed by atoms with Gasteiger partial charge in [0.15, 0.2) is 0 Å². The molecular formula is C11H20N2. The van der Waals surface area contributed by atoms with Gasteiger partial charge in [0.25, 0.3) is 0 Å². The fourth-order valence-corrected chi connectivity index (χ4v) is 4.55. The third-order valence-electron chi connectivity index (χ3n) is 4.95. The van der Waals surface area contributed by atoms with Crippen LogP contribution in [-0.4, -0.2) is 12.6 Å². The molecule has 4 rings (SSSR count). The van der Waals surface area contributed by atoms with Gasteiger partial charge in [0.2, 0.25) is 0 Å². The van der Waals surface area contributed by atoms with Crippen LogP contribution in [0.5, 0.6) is 0 Å². The molecule has 4 saturated carbocycles. The van der Waals surface area contributed by atoms with Crippen LogP contribution in [0, 0.1) is 23.2 Å².